The first-order valence-electron chi connectivity index (χ1n) is 5.13. The third-order valence-electron chi connectivity index (χ3n) is 3.53. The Balaban J connectivity index is 1.70. The fraction of sp³-hybridized carbons (Fsp3) is 0.600. The number of fused-ring (bicyclic) bond motifs is 1. The van der Waals surface area contributed by atoms with Gasteiger partial charge in [-0.3, -0.25) is 0 Å². The van der Waals surface area contributed by atoms with Crippen LogP contribution < -0.4 is 10.6 Å². The summed E-state index contributed by atoms with van der Waals surface area (Å²) in [6, 6.07) is 3.96. The molecule has 0 bridgehead atoms. The van der Waals surface area contributed by atoms with Crippen molar-refractivity contribution in [3.8, 4) is 0 Å². The van der Waals surface area contributed by atoms with Crippen LogP contribution in [0.5, 0.6) is 0 Å². The Morgan fingerprint density at radius 3 is 2.79 bits per heavy atom. The topological polar surface area (TPSA) is 55.0 Å². The van der Waals surface area contributed by atoms with E-state index in [0.29, 0.717) is 0 Å². The molecule has 2 heterocycles. The molecule has 4 heteroatoms. The van der Waals surface area contributed by atoms with Gasteiger partial charge in [0.15, 0.2) is 5.82 Å². The average Bonchev–Trinajstić information content (AvgIpc) is 2.72. The van der Waals surface area contributed by atoms with E-state index in [0.717, 1.165) is 43.2 Å². The number of aromatic nitrogens is 2. The lowest BCUT2D eigenvalue weighted by Gasteiger charge is -2.19. The van der Waals surface area contributed by atoms with Crippen molar-refractivity contribution in [1.29, 1.82) is 0 Å². The summed E-state index contributed by atoms with van der Waals surface area (Å²) in [7, 11) is 0. The van der Waals surface area contributed by atoms with Crippen LogP contribution in [-0.2, 0) is 0 Å². The summed E-state index contributed by atoms with van der Waals surface area (Å²) in [6.45, 7) is 3.08. The van der Waals surface area contributed by atoms with E-state index in [-0.39, 0.29) is 0 Å². The van der Waals surface area contributed by atoms with E-state index in [9.17, 15) is 0 Å². The first-order chi connectivity index (χ1) is 6.90. The first-order valence-corrected chi connectivity index (χ1v) is 5.13. The number of nitrogens with zero attached hydrogens (tertiary/aromatic N) is 3. The van der Waals surface area contributed by atoms with Gasteiger partial charge in [0.1, 0.15) is 0 Å². The Bertz CT molecular complexity index is 314. The molecule has 2 N–H and O–H groups in total. The fourth-order valence-corrected chi connectivity index (χ4v) is 2.65. The Kier molecular flexibility index (Phi) is 1.70. The molecule has 1 aliphatic carbocycles. The third-order valence-corrected chi connectivity index (χ3v) is 3.53. The molecule has 1 aromatic heterocycles. The Labute approximate surface area is 83.1 Å². The van der Waals surface area contributed by atoms with Crippen molar-refractivity contribution in [1.82, 2.24) is 10.2 Å². The van der Waals surface area contributed by atoms with E-state index in [4.69, 9.17) is 5.73 Å². The highest BCUT2D eigenvalue weighted by molar-refractivity contribution is 5.40. The zero-order chi connectivity index (χ0) is 9.54. The van der Waals surface area contributed by atoms with E-state index in [1.165, 1.54) is 0 Å². The van der Waals surface area contributed by atoms with E-state index >= 15 is 0 Å². The predicted molar refractivity (Wildman–Crippen MR) is 53.8 cm³/mol. The van der Waals surface area contributed by atoms with Crippen LogP contribution in [0.15, 0.2) is 18.3 Å². The number of hydrogen-bond donors (Lipinski definition) is 1. The molecular weight excluding hydrogens is 176 g/mol. The maximum atomic E-state index is 5.66. The second kappa shape index (κ2) is 2.92. The van der Waals surface area contributed by atoms with Crippen LogP contribution in [0.3, 0.4) is 0 Å². The summed E-state index contributed by atoms with van der Waals surface area (Å²) in [6.07, 6.45) is 1.71. The second-order valence-corrected chi connectivity index (χ2v) is 4.21. The molecule has 14 heavy (non-hydrogen) atoms. The summed E-state index contributed by atoms with van der Waals surface area (Å²) in [5.41, 5.74) is 5.66. The lowest BCUT2D eigenvalue weighted by atomic mass is 10.2. The zero-order valence-electron chi connectivity index (χ0n) is 8.00. The Hall–Kier alpha value is -1.16. The maximum Gasteiger partial charge on any atom is 0.151 e. The minimum atomic E-state index is 0.780. The van der Waals surface area contributed by atoms with Gasteiger partial charge in [0.2, 0.25) is 0 Å². The van der Waals surface area contributed by atoms with E-state index in [2.05, 4.69) is 15.1 Å². The van der Waals surface area contributed by atoms with E-state index < -0.39 is 0 Å². The van der Waals surface area contributed by atoms with Gasteiger partial charge in [0, 0.05) is 19.3 Å². The number of anilines is 1. The van der Waals surface area contributed by atoms with Gasteiger partial charge >= 0.3 is 0 Å². The van der Waals surface area contributed by atoms with Crippen molar-refractivity contribution in [3.63, 3.8) is 0 Å². The van der Waals surface area contributed by atoms with Crippen LogP contribution in [0, 0.1) is 17.8 Å². The van der Waals surface area contributed by atoms with Gasteiger partial charge < -0.3 is 10.6 Å². The summed E-state index contributed by atoms with van der Waals surface area (Å²) in [5.74, 6) is 3.43. The van der Waals surface area contributed by atoms with Crippen molar-refractivity contribution in [2.75, 3.05) is 24.5 Å². The van der Waals surface area contributed by atoms with Gasteiger partial charge in [-0.2, -0.15) is 5.10 Å². The lowest BCUT2D eigenvalue weighted by Crippen LogP contribution is -2.26. The van der Waals surface area contributed by atoms with Gasteiger partial charge in [0.25, 0.3) is 0 Å². The summed E-state index contributed by atoms with van der Waals surface area (Å²) in [4.78, 5) is 2.31. The minimum Gasteiger partial charge on any atom is -0.355 e. The smallest absolute Gasteiger partial charge is 0.151 e. The molecule has 0 radical (unpaired) electrons. The SMILES string of the molecule is NCC1C2CN(c3cccnn3)CC12. The van der Waals surface area contributed by atoms with Crippen molar-refractivity contribution >= 4 is 5.82 Å². The minimum absolute atomic E-state index is 0.780. The van der Waals surface area contributed by atoms with E-state index in [1.54, 1.807) is 6.20 Å². The Morgan fingerprint density at radius 1 is 1.43 bits per heavy atom. The van der Waals surface area contributed by atoms with Gasteiger partial charge in [-0.05, 0) is 36.4 Å². The van der Waals surface area contributed by atoms with Crippen LogP contribution >= 0.6 is 0 Å². The highest BCUT2D eigenvalue weighted by Crippen LogP contribution is 2.51. The molecule has 74 valence electrons. The van der Waals surface area contributed by atoms with Crippen molar-refractivity contribution in [3.05, 3.63) is 18.3 Å². The van der Waals surface area contributed by atoms with Crippen molar-refractivity contribution in [2.45, 2.75) is 0 Å². The number of nitrogens with two attached hydrogens (primary N) is 1. The van der Waals surface area contributed by atoms with E-state index in [1.807, 2.05) is 12.1 Å². The molecule has 2 aliphatic rings. The van der Waals surface area contributed by atoms with Gasteiger partial charge in [-0.25, -0.2) is 0 Å². The molecular formula is C10H14N4. The quantitative estimate of drug-likeness (QED) is 0.719. The molecule has 3 rings (SSSR count). The highest BCUT2D eigenvalue weighted by atomic mass is 15.3. The monoisotopic (exact) mass is 190 g/mol. The first kappa shape index (κ1) is 8.17. The molecule has 1 saturated carbocycles. The normalized spacial score (nSPS) is 34.4. The third kappa shape index (κ3) is 1.10. The van der Waals surface area contributed by atoms with Crippen LogP contribution in [-0.4, -0.2) is 29.8 Å². The van der Waals surface area contributed by atoms with Gasteiger partial charge in [-0.15, -0.1) is 5.10 Å². The Morgan fingerprint density at radius 2 is 2.21 bits per heavy atom. The fourth-order valence-electron chi connectivity index (χ4n) is 2.65. The van der Waals surface area contributed by atoms with Crippen LogP contribution in [0.4, 0.5) is 5.82 Å². The molecule has 0 spiro atoms. The molecule has 0 amide bonds. The largest absolute Gasteiger partial charge is 0.355 e. The average molecular weight is 190 g/mol. The zero-order valence-corrected chi connectivity index (χ0v) is 8.00. The predicted octanol–water partition coefficient (Wildman–Crippen LogP) is 0.117. The molecule has 2 atom stereocenters. The van der Waals surface area contributed by atoms with Crippen LogP contribution in [0.2, 0.25) is 0 Å². The number of rotatable bonds is 2. The molecule has 2 unspecified atom stereocenters. The summed E-state index contributed by atoms with van der Waals surface area (Å²) in [5, 5.41) is 8.00. The second-order valence-electron chi connectivity index (χ2n) is 4.21. The van der Waals surface area contributed by atoms with Crippen LogP contribution in [0.25, 0.3) is 0 Å². The maximum absolute atomic E-state index is 5.66. The molecule has 4 nitrogen and oxygen atoms in total. The molecule has 2 fully saturated rings. The van der Waals surface area contributed by atoms with Crippen molar-refractivity contribution < 1.29 is 0 Å². The summed E-state index contributed by atoms with van der Waals surface area (Å²) < 4.78 is 0. The molecule has 1 saturated heterocycles. The summed E-state index contributed by atoms with van der Waals surface area (Å²) >= 11 is 0. The molecule has 1 aliphatic heterocycles. The van der Waals surface area contributed by atoms with Crippen LogP contribution in [0.1, 0.15) is 0 Å². The van der Waals surface area contributed by atoms with Crippen molar-refractivity contribution in [2.24, 2.45) is 23.5 Å². The molecule has 0 aromatic carbocycles. The van der Waals surface area contributed by atoms with Gasteiger partial charge in [0.05, 0.1) is 0 Å². The standard InChI is InChI=1S/C10H14N4/c11-4-7-8-5-14(6-9(7)8)10-2-1-3-12-13-10/h1-3,7-9H,4-6,11H2. The number of hydrogen-bond acceptors (Lipinski definition) is 4. The van der Waals surface area contributed by atoms with Gasteiger partial charge in [-0.1, -0.05) is 0 Å². The highest BCUT2D eigenvalue weighted by Gasteiger charge is 2.54. The molecule has 1 aromatic rings. The lowest BCUT2D eigenvalue weighted by molar-refractivity contribution is 0.641. The number of piperidine rings is 1.